The molecule has 0 radical (unpaired) electrons. The zero-order chi connectivity index (χ0) is 95.0. The number of ether oxygens (including phenoxy) is 2. The lowest BCUT2D eigenvalue weighted by atomic mass is 9.76. The molecular weight excluding hydrogens is 1590 g/mol. The summed E-state index contributed by atoms with van der Waals surface area (Å²) in [5.74, 6) is 3.73. The minimum atomic E-state index is 0.0369. The number of aryl methyl sites for hydroxylation is 3. The minimum absolute atomic E-state index is 0.0369. The number of aromatic nitrogens is 7. The third-order valence-electron chi connectivity index (χ3n) is 23.3. The summed E-state index contributed by atoms with van der Waals surface area (Å²) in [6.45, 7) is 61.5. The van der Waals surface area contributed by atoms with Crippen molar-refractivity contribution in [2.24, 2.45) is 16.7 Å². The van der Waals surface area contributed by atoms with Crippen LogP contribution in [0.15, 0.2) is 292 Å². The summed E-state index contributed by atoms with van der Waals surface area (Å²) in [6.07, 6.45) is 20.1. The van der Waals surface area contributed by atoms with E-state index >= 15 is 0 Å². The van der Waals surface area contributed by atoms with Crippen molar-refractivity contribution in [2.75, 3.05) is 43.7 Å². The highest BCUT2D eigenvalue weighted by Gasteiger charge is 2.27. The van der Waals surface area contributed by atoms with Gasteiger partial charge in [-0.25, -0.2) is 4.98 Å². The fraction of sp³-hybridized carbons (Fsp3) is 0.403. The number of pyridine rings is 3. The lowest BCUT2D eigenvalue weighted by molar-refractivity contribution is -0.806. The summed E-state index contributed by atoms with van der Waals surface area (Å²) in [5.41, 5.74) is 21.5. The molecule has 0 saturated carbocycles. The summed E-state index contributed by atoms with van der Waals surface area (Å²) < 4.78 is 12.6. The van der Waals surface area contributed by atoms with E-state index in [0.717, 1.165) is 57.6 Å². The van der Waals surface area contributed by atoms with Crippen LogP contribution in [-0.4, -0.2) is 70.1 Å². The monoisotopic (exact) mass is 1740 g/mol. The normalized spacial score (nSPS) is 12.8. The second-order valence-electron chi connectivity index (χ2n) is 41.9. The van der Waals surface area contributed by atoms with E-state index in [-0.39, 0.29) is 21.8 Å². The van der Waals surface area contributed by atoms with Crippen LogP contribution in [-0.2, 0) is 41.0 Å². The van der Waals surface area contributed by atoms with E-state index in [1.54, 1.807) is 20.4 Å². The van der Waals surface area contributed by atoms with Gasteiger partial charge < -0.3 is 19.3 Å². The van der Waals surface area contributed by atoms with Crippen molar-refractivity contribution in [1.29, 1.82) is 0 Å². The van der Waals surface area contributed by atoms with Crippen LogP contribution in [0.5, 0.6) is 11.5 Å². The fourth-order valence-corrected chi connectivity index (χ4v) is 15.6. The predicted molar refractivity (Wildman–Crippen MR) is 558 cm³/mol. The summed E-state index contributed by atoms with van der Waals surface area (Å²) in [5, 5.41) is 18.6. The molecule has 1 fully saturated rings. The molecule has 2 aliphatic rings. The molecule has 2 aliphatic heterocycles. The summed E-state index contributed by atoms with van der Waals surface area (Å²) in [4.78, 5) is 18.4. The number of nitrogens with zero attached hydrogens (tertiary/aromatic N) is 9. The molecule has 14 aromatic rings. The average molecular weight is 1740 g/mol. The second kappa shape index (κ2) is 49.0. The number of para-hydroxylation sites is 1. The molecular formula is C119H156N9O2+. The lowest BCUT2D eigenvalue weighted by Crippen LogP contribution is -2.52. The first-order valence-corrected chi connectivity index (χ1v) is 47.3. The molecule has 7 heterocycles. The fourth-order valence-electron chi connectivity index (χ4n) is 15.6. The molecule has 16 rings (SSSR count). The summed E-state index contributed by atoms with van der Waals surface area (Å²) in [6, 6.07) is 89.4. The predicted octanol–water partition coefficient (Wildman–Crippen LogP) is 30.8. The van der Waals surface area contributed by atoms with E-state index in [1.165, 1.54) is 141 Å². The van der Waals surface area contributed by atoms with Crippen LogP contribution in [0.1, 0.15) is 261 Å². The van der Waals surface area contributed by atoms with Gasteiger partial charge in [-0.3, -0.25) is 9.97 Å². The molecule has 688 valence electrons. The molecule has 0 aliphatic carbocycles. The van der Waals surface area contributed by atoms with Crippen LogP contribution in [0.2, 0.25) is 0 Å². The van der Waals surface area contributed by atoms with Crippen LogP contribution in [0.4, 0.5) is 11.4 Å². The van der Waals surface area contributed by atoms with Crippen molar-refractivity contribution in [2.45, 2.75) is 265 Å². The third kappa shape index (κ3) is 33.2. The van der Waals surface area contributed by atoms with Gasteiger partial charge in [0, 0.05) is 127 Å². The largest absolute Gasteiger partial charge is 0.497 e. The van der Waals surface area contributed by atoms with Gasteiger partial charge in [0.15, 0.2) is 11.7 Å². The van der Waals surface area contributed by atoms with Crippen LogP contribution < -0.4 is 24.0 Å². The molecule has 0 N–H and O–H groups in total. The van der Waals surface area contributed by atoms with Gasteiger partial charge in [-0.2, -0.15) is 10.2 Å². The SMILES string of the molecule is CC(C)(C)Cc1cccnc1.CC(C)(C)[n+]1ccc(-c2ccccc2)cn1.CC(C)(C)c1cccnn1.CC(C)CCc1ccccc1.CC(C)N1CCCc2ccccc21.CC(c1cccc2ccccc12)C(C)(C)C.COc1ccc2c(C(C)(C)C)cc(-c3ccccc3)nc2c1.COc1ccc2c(C(C)(C)C)nccc2c1.Cc1ccc(N2CCCC2)c(C(C)C)c1. The topological polar surface area (TPSA) is 106 Å². The molecule has 1 atom stereocenters. The van der Waals surface area contributed by atoms with Gasteiger partial charge in [0.25, 0.3) is 0 Å². The first-order chi connectivity index (χ1) is 61.5. The van der Waals surface area contributed by atoms with Gasteiger partial charge >= 0.3 is 0 Å². The average Bonchev–Trinajstić information content (AvgIpc) is 0.864. The van der Waals surface area contributed by atoms with E-state index in [2.05, 4.69) is 385 Å². The van der Waals surface area contributed by atoms with E-state index in [4.69, 9.17) is 14.5 Å². The molecule has 130 heavy (non-hydrogen) atoms. The maximum atomic E-state index is 5.35. The van der Waals surface area contributed by atoms with Crippen molar-refractivity contribution in [1.82, 2.24) is 30.2 Å². The lowest BCUT2D eigenvalue weighted by Gasteiger charge is -2.34. The van der Waals surface area contributed by atoms with Crippen molar-refractivity contribution >= 4 is 43.8 Å². The van der Waals surface area contributed by atoms with Crippen LogP contribution >= 0.6 is 0 Å². The highest BCUT2D eigenvalue weighted by atomic mass is 16.5. The maximum Gasteiger partial charge on any atom is 0.197 e. The Morgan fingerprint density at radius 3 is 1.61 bits per heavy atom. The van der Waals surface area contributed by atoms with Gasteiger partial charge in [-0.05, 0) is 233 Å². The second-order valence-corrected chi connectivity index (χ2v) is 41.9. The van der Waals surface area contributed by atoms with Crippen LogP contribution in [0.3, 0.4) is 0 Å². The smallest absolute Gasteiger partial charge is 0.197 e. The molecule has 9 aromatic carbocycles. The molecule has 5 aromatic heterocycles. The number of rotatable bonds is 12. The van der Waals surface area contributed by atoms with E-state index in [9.17, 15) is 0 Å². The van der Waals surface area contributed by atoms with Crippen LogP contribution in [0.25, 0.3) is 54.8 Å². The Hall–Kier alpha value is -11.4. The Labute approximate surface area is 784 Å². The molecule has 11 nitrogen and oxygen atoms in total. The van der Waals surface area contributed by atoms with Gasteiger partial charge in [0.1, 0.15) is 17.7 Å². The van der Waals surface area contributed by atoms with Gasteiger partial charge in [-0.15, -0.1) is 0 Å². The number of hydrogen-bond donors (Lipinski definition) is 0. The van der Waals surface area contributed by atoms with Gasteiger partial charge in [0.2, 0.25) is 0 Å². The first kappa shape index (κ1) is 104. The molecule has 1 unspecified atom stereocenters. The Bertz CT molecular complexity index is 5650. The number of methoxy groups -OCH3 is 2. The first-order valence-electron chi connectivity index (χ1n) is 47.3. The van der Waals surface area contributed by atoms with Crippen molar-refractivity contribution in [3.05, 3.63) is 342 Å². The maximum absolute atomic E-state index is 5.35. The van der Waals surface area contributed by atoms with Crippen molar-refractivity contribution in [3.63, 3.8) is 0 Å². The standard InChI is InChI=1S/C20H21NO.C16H20.C14H17N2.C14H17NO.C14H21N.C12H17N.C11H16.C10H15N.C8H12N2/c1-20(2,3)17-13-18(14-8-6-5-7-9-14)21-19-12-15(22-4)10-11-16(17)19;1-12(16(2,3)4)14-11-7-9-13-8-5-6-10-15(13)14;1-14(2,3)16-10-9-13(11-15-16)12-7-5-4-6-8-12;1-14(2,3)13-12-6-5-11(16-4)9-10(12)7-8-15-13;1-11(2)13-10-12(3)6-7-14(13)15-8-4-5-9-15;1-10(2)13-9-5-7-11-6-3-4-8-12(11)13;1-10(2)8-9-11-6-4-3-5-7-11;1-10(2,3)7-9-5-4-6-11-8-9;1-8(2,3)7-5-4-6-9-10-7/h5-13H,1-4H3;5-12H,1-4H3;4-11H,1-3H3;5-9H,1-4H3;6-7,10-11H,4-5,8-9H2,1-3H3;3-4,6,8,10H,5,7,9H2,1-2H3;3-7,10H,8-9H2,1-2H3;4-6,8H,7H2,1-3H3;4-6H,1-3H3/q;;+1;;;;;;. The summed E-state index contributed by atoms with van der Waals surface area (Å²) in [7, 11) is 3.37. The zero-order valence-corrected chi connectivity index (χ0v) is 84.4. The minimum Gasteiger partial charge on any atom is -0.497 e. The van der Waals surface area contributed by atoms with Crippen molar-refractivity contribution < 1.29 is 14.2 Å². The summed E-state index contributed by atoms with van der Waals surface area (Å²) >= 11 is 0. The molecule has 0 amide bonds. The number of fused-ring (bicyclic) bond motifs is 4. The number of hydrogen-bond acceptors (Lipinski definition) is 10. The Morgan fingerprint density at radius 1 is 0.454 bits per heavy atom. The molecule has 1 saturated heterocycles. The molecule has 0 bridgehead atoms. The van der Waals surface area contributed by atoms with E-state index < -0.39 is 0 Å². The quantitative estimate of drug-likeness (QED) is 0.110. The third-order valence-corrected chi connectivity index (χ3v) is 23.3. The highest BCUT2D eigenvalue weighted by Crippen LogP contribution is 2.40. The molecule has 0 spiro atoms. The van der Waals surface area contributed by atoms with E-state index in [1.807, 2.05) is 121 Å². The zero-order valence-electron chi connectivity index (χ0n) is 84.4. The van der Waals surface area contributed by atoms with Crippen LogP contribution in [0, 0.1) is 23.7 Å². The Balaban J connectivity index is 0.000000182. The van der Waals surface area contributed by atoms with Gasteiger partial charge in [-0.1, -0.05) is 319 Å². The van der Waals surface area contributed by atoms with Gasteiger partial charge in [0.05, 0.1) is 36.8 Å². The number of anilines is 2. The van der Waals surface area contributed by atoms with E-state index in [0.29, 0.717) is 28.7 Å². The molecule has 11 heteroatoms. The Morgan fingerprint density at radius 2 is 1.05 bits per heavy atom. The Kier molecular flexibility index (Phi) is 39.2. The highest BCUT2D eigenvalue weighted by molar-refractivity contribution is 5.89. The number of benzene rings is 9. The van der Waals surface area contributed by atoms with Crippen molar-refractivity contribution in [3.8, 4) is 33.9 Å².